The summed E-state index contributed by atoms with van der Waals surface area (Å²) in [5.41, 5.74) is 5.21. The van der Waals surface area contributed by atoms with E-state index in [1.165, 1.54) is 0 Å². The van der Waals surface area contributed by atoms with E-state index in [1.54, 1.807) is 0 Å². The zero-order valence-corrected chi connectivity index (χ0v) is 12.9. The number of hydrogen-bond donors (Lipinski definition) is 6. The van der Waals surface area contributed by atoms with Gasteiger partial charge in [0.25, 0.3) is 5.91 Å². The summed E-state index contributed by atoms with van der Waals surface area (Å²) in [7, 11) is 0. The number of carbonyl (C=O) groups excluding carboxylic acids is 3. The number of carbonyl (C=O) groups is 4. The molecule has 0 atom stereocenters. The molecular formula is C13H20N6O5. The summed E-state index contributed by atoms with van der Waals surface area (Å²) in [5, 5.41) is 18.5. The van der Waals surface area contributed by atoms with E-state index in [0.29, 0.717) is 0 Å². The lowest BCUT2D eigenvalue weighted by molar-refractivity contribution is -0.135. The quantitative estimate of drug-likeness (QED) is 0.170. The highest BCUT2D eigenvalue weighted by Crippen LogP contribution is 2.03. The minimum absolute atomic E-state index is 0.0365. The fourth-order valence-electron chi connectivity index (χ4n) is 1.92. The minimum Gasteiger partial charge on any atom is -0.480 e. The molecule has 1 fully saturated rings. The predicted molar refractivity (Wildman–Crippen MR) is 84.0 cm³/mol. The number of aliphatic carboxylic acids is 1. The van der Waals surface area contributed by atoms with Crippen LogP contribution in [0.5, 0.6) is 0 Å². The first kappa shape index (κ1) is 19.1. The smallest absolute Gasteiger partial charge is 0.341 e. The highest BCUT2D eigenvalue weighted by Gasteiger charge is 2.18. The number of nitrogens with two attached hydrogens (primary N) is 1. The van der Waals surface area contributed by atoms with Gasteiger partial charge in [-0.3, -0.25) is 14.4 Å². The van der Waals surface area contributed by atoms with Crippen LogP contribution < -0.4 is 27.0 Å². The van der Waals surface area contributed by atoms with Crippen LogP contribution >= 0.6 is 0 Å². The van der Waals surface area contributed by atoms with Gasteiger partial charge in [0, 0.05) is 6.04 Å². The molecule has 4 amide bonds. The zero-order chi connectivity index (χ0) is 17.9. The Morgan fingerprint density at radius 2 is 1.96 bits per heavy atom. The van der Waals surface area contributed by atoms with Crippen LogP contribution in [0.2, 0.25) is 0 Å². The van der Waals surface area contributed by atoms with Crippen LogP contribution in [0.4, 0.5) is 4.79 Å². The van der Waals surface area contributed by atoms with Gasteiger partial charge in [0.15, 0.2) is 0 Å². The van der Waals surface area contributed by atoms with E-state index in [-0.39, 0.29) is 23.8 Å². The Kier molecular flexibility index (Phi) is 7.91. The number of nitrogens with one attached hydrogen (secondary N) is 4. The number of carboxylic acids is 1. The lowest BCUT2D eigenvalue weighted by atomic mass is 10.1. The van der Waals surface area contributed by atoms with Crippen LogP contribution in [0.15, 0.2) is 16.4 Å². The second-order valence-electron chi connectivity index (χ2n) is 4.90. The third kappa shape index (κ3) is 6.87. The van der Waals surface area contributed by atoms with Crippen LogP contribution in [-0.2, 0) is 14.4 Å². The van der Waals surface area contributed by atoms with Gasteiger partial charge in [-0.1, -0.05) is 0 Å². The maximum Gasteiger partial charge on any atom is 0.341 e. The van der Waals surface area contributed by atoms with Gasteiger partial charge in [-0.25, -0.2) is 4.79 Å². The Morgan fingerprint density at radius 1 is 1.29 bits per heavy atom. The van der Waals surface area contributed by atoms with E-state index in [4.69, 9.17) is 10.8 Å². The molecule has 1 aliphatic heterocycles. The maximum absolute atomic E-state index is 12.1. The number of hydrogen-bond acceptors (Lipinski definition) is 6. The molecule has 7 N–H and O–H groups in total. The van der Waals surface area contributed by atoms with E-state index < -0.39 is 24.5 Å². The Labute approximate surface area is 137 Å². The molecule has 1 aliphatic rings. The number of aliphatic imine (C=N–C) groups is 1. The standard InChI is InChI=1S/C13H20N6O5/c14-11(12(23)19-8-1-3-15-4-2-8)9(18-7-20)5-16-13(24)17-6-10(21)22/h5,7-8,15H,1-4,6,14H2,(H,17,24)(H,18,20)(H,19,23)(H,21,22)/b11-9+,16-5+. The van der Waals surface area contributed by atoms with Gasteiger partial charge in [-0.05, 0) is 25.9 Å². The fourth-order valence-corrected chi connectivity index (χ4v) is 1.92. The number of piperidine rings is 1. The van der Waals surface area contributed by atoms with Crippen molar-refractivity contribution in [1.82, 2.24) is 21.3 Å². The molecular weight excluding hydrogens is 320 g/mol. The highest BCUT2D eigenvalue weighted by atomic mass is 16.4. The molecule has 1 rings (SSSR count). The molecule has 11 heteroatoms. The summed E-state index contributed by atoms with van der Waals surface area (Å²) in [6.45, 7) is 0.945. The van der Waals surface area contributed by atoms with Gasteiger partial charge >= 0.3 is 12.0 Å². The number of nitrogens with zero attached hydrogens (tertiary/aromatic N) is 1. The molecule has 0 aromatic heterocycles. The van der Waals surface area contributed by atoms with Crippen molar-refractivity contribution in [1.29, 1.82) is 0 Å². The fraction of sp³-hybridized carbons (Fsp3) is 0.462. The minimum atomic E-state index is -1.24. The van der Waals surface area contributed by atoms with Crippen LogP contribution in [-0.4, -0.2) is 61.3 Å². The molecule has 1 heterocycles. The number of rotatable bonds is 7. The SMILES string of the molecule is N/C(C(=O)NC1CCNCC1)=C(\C=N\C(=O)NCC(=O)O)NC=O. The molecule has 24 heavy (non-hydrogen) atoms. The zero-order valence-electron chi connectivity index (χ0n) is 12.9. The van der Waals surface area contributed by atoms with Crippen molar-refractivity contribution in [2.45, 2.75) is 18.9 Å². The molecule has 0 unspecified atom stereocenters. The monoisotopic (exact) mass is 340 g/mol. The van der Waals surface area contributed by atoms with Crippen LogP contribution in [0.1, 0.15) is 12.8 Å². The second-order valence-corrected chi connectivity index (χ2v) is 4.90. The van der Waals surface area contributed by atoms with E-state index in [9.17, 15) is 19.2 Å². The van der Waals surface area contributed by atoms with Gasteiger partial charge in [0.1, 0.15) is 12.2 Å². The van der Waals surface area contributed by atoms with Crippen molar-refractivity contribution in [3.63, 3.8) is 0 Å². The number of amides is 4. The Bertz CT molecular complexity index is 553. The Morgan fingerprint density at radius 3 is 2.54 bits per heavy atom. The number of urea groups is 1. The van der Waals surface area contributed by atoms with E-state index in [2.05, 4.69) is 20.9 Å². The van der Waals surface area contributed by atoms with Crippen LogP contribution in [0, 0.1) is 0 Å². The molecule has 0 aromatic rings. The number of carboxylic acid groups (broad SMARTS) is 1. The third-order valence-electron chi connectivity index (χ3n) is 3.13. The molecule has 132 valence electrons. The van der Waals surface area contributed by atoms with Gasteiger partial charge in [0.2, 0.25) is 6.41 Å². The number of allylic oxidation sites excluding steroid dienone is 1. The molecule has 0 aliphatic carbocycles. The maximum atomic E-state index is 12.1. The summed E-state index contributed by atoms with van der Waals surface area (Å²) in [6.07, 6.45) is 2.66. The summed E-state index contributed by atoms with van der Waals surface area (Å²) in [6, 6.07) is -0.986. The summed E-state index contributed by atoms with van der Waals surface area (Å²) in [4.78, 5) is 47.7. The second kappa shape index (κ2) is 9.94. The van der Waals surface area contributed by atoms with Gasteiger partial charge in [-0.15, -0.1) is 0 Å². The van der Waals surface area contributed by atoms with Crippen molar-refractivity contribution >= 4 is 30.5 Å². The van der Waals surface area contributed by atoms with E-state index in [0.717, 1.165) is 32.1 Å². The third-order valence-corrected chi connectivity index (χ3v) is 3.13. The first-order valence-corrected chi connectivity index (χ1v) is 7.19. The predicted octanol–water partition coefficient (Wildman–Crippen LogP) is -2.36. The molecule has 0 aromatic carbocycles. The van der Waals surface area contributed by atoms with E-state index in [1.807, 2.05) is 5.32 Å². The van der Waals surface area contributed by atoms with Crippen LogP contribution in [0.3, 0.4) is 0 Å². The average molecular weight is 340 g/mol. The average Bonchev–Trinajstić information content (AvgIpc) is 2.56. The van der Waals surface area contributed by atoms with Gasteiger partial charge < -0.3 is 32.1 Å². The molecule has 0 spiro atoms. The first-order valence-electron chi connectivity index (χ1n) is 7.19. The normalized spacial score (nSPS) is 16.2. The van der Waals surface area contributed by atoms with Crippen molar-refractivity contribution < 1.29 is 24.3 Å². The topological polar surface area (TPSA) is 175 Å². The highest BCUT2D eigenvalue weighted by molar-refractivity contribution is 6.02. The van der Waals surface area contributed by atoms with E-state index >= 15 is 0 Å². The van der Waals surface area contributed by atoms with Crippen molar-refractivity contribution in [2.75, 3.05) is 19.6 Å². The molecule has 0 radical (unpaired) electrons. The molecule has 11 nitrogen and oxygen atoms in total. The first-order chi connectivity index (χ1) is 11.4. The lowest BCUT2D eigenvalue weighted by Gasteiger charge is -2.23. The lowest BCUT2D eigenvalue weighted by Crippen LogP contribution is -2.44. The Hall–Kier alpha value is -2.95. The molecule has 1 saturated heterocycles. The molecule has 0 saturated carbocycles. The van der Waals surface area contributed by atoms with Crippen molar-refractivity contribution in [2.24, 2.45) is 10.7 Å². The van der Waals surface area contributed by atoms with Crippen molar-refractivity contribution in [3.05, 3.63) is 11.4 Å². The molecule has 0 bridgehead atoms. The van der Waals surface area contributed by atoms with Gasteiger partial charge in [0.05, 0.1) is 11.9 Å². The summed E-state index contributed by atoms with van der Waals surface area (Å²) in [5.74, 6) is -1.83. The Balaban J connectivity index is 2.72. The van der Waals surface area contributed by atoms with Crippen molar-refractivity contribution in [3.8, 4) is 0 Å². The summed E-state index contributed by atoms with van der Waals surface area (Å²) < 4.78 is 0. The van der Waals surface area contributed by atoms with Gasteiger partial charge in [-0.2, -0.15) is 4.99 Å². The largest absolute Gasteiger partial charge is 0.480 e. The summed E-state index contributed by atoms with van der Waals surface area (Å²) >= 11 is 0. The van der Waals surface area contributed by atoms with Crippen LogP contribution in [0.25, 0.3) is 0 Å².